The van der Waals surface area contributed by atoms with Gasteiger partial charge >= 0.3 is 0 Å². The minimum Gasteiger partial charge on any atom is -0.476 e. The summed E-state index contributed by atoms with van der Waals surface area (Å²) in [6, 6.07) is 10.2. The number of sulfonamides is 1. The second kappa shape index (κ2) is 8.09. The smallest absolute Gasteiger partial charge is 0.263 e. The van der Waals surface area contributed by atoms with E-state index in [-0.39, 0.29) is 22.9 Å². The van der Waals surface area contributed by atoms with Gasteiger partial charge in [-0.05, 0) is 42.8 Å². The highest BCUT2D eigenvalue weighted by molar-refractivity contribution is 7.92. The average molecular weight is 473 g/mol. The predicted molar refractivity (Wildman–Crippen MR) is 114 cm³/mol. The molecular formula is C19H21ClN2O6S2. The van der Waals surface area contributed by atoms with Gasteiger partial charge in [0.2, 0.25) is 10.0 Å². The molecule has 1 amide bonds. The molecular weight excluding hydrogens is 452 g/mol. The highest BCUT2D eigenvalue weighted by atomic mass is 35.5. The summed E-state index contributed by atoms with van der Waals surface area (Å²) in [5.74, 6) is -0.259. The first-order valence-electron chi connectivity index (χ1n) is 8.90. The Morgan fingerprint density at radius 3 is 2.33 bits per heavy atom. The van der Waals surface area contributed by atoms with Crippen LogP contribution in [0.1, 0.15) is 18.5 Å². The summed E-state index contributed by atoms with van der Waals surface area (Å²) in [4.78, 5) is 13.0. The molecule has 2 aromatic rings. The molecule has 1 heterocycles. The minimum absolute atomic E-state index is 0.180. The van der Waals surface area contributed by atoms with E-state index in [0.717, 1.165) is 16.8 Å². The number of carbonyl (C=O) groups is 1. The summed E-state index contributed by atoms with van der Waals surface area (Å²) in [6.45, 7) is 1.54. The molecule has 0 bridgehead atoms. The third kappa shape index (κ3) is 4.88. The van der Waals surface area contributed by atoms with Gasteiger partial charge in [-0.2, -0.15) is 0 Å². The number of nitrogens with zero attached hydrogens (tertiary/aromatic N) is 1. The van der Waals surface area contributed by atoms with E-state index in [0.29, 0.717) is 10.6 Å². The first kappa shape index (κ1) is 22.4. The average Bonchev–Trinajstić information content (AvgIpc) is 2.65. The molecule has 3 rings (SSSR count). The van der Waals surface area contributed by atoms with E-state index in [1.165, 1.54) is 24.3 Å². The Balaban J connectivity index is 1.79. The van der Waals surface area contributed by atoms with E-state index >= 15 is 0 Å². The summed E-state index contributed by atoms with van der Waals surface area (Å²) in [5.41, 5.74) is 0.970. The molecule has 0 aromatic heterocycles. The van der Waals surface area contributed by atoms with Crippen LogP contribution in [0.3, 0.4) is 0 Å². The van der Waals surface area contributed by atoms with Crippen molar-refractivity contribution < 1.29 is 26.4 Å². The molecule has 0 fully saturated rings. The van der Waals surface area contributed by atoms with Crippen molar-refractivity contribution in [2.24, 2.45) is 0 Å². The Morgan fingerprint density at radius 2 is 1.77 bits per heavy atom. The number of hydrogen-bond donors (Lipinski definition) is 1. The van der Waals surface area contributed by atoms with Crippen molar-refractivity contribution in [3.63, 3.8) is 0 Å². The largest absolute Gasteiger partial charge is 0.476 e. The van der Waals surface area contributed by atoms with Crippen LogP contribution < -0.4 is 14.4 Å². The Labute approximate surface area is 180 Å². The number of ether oxygens (including phenoxy) is 1. The lowest BCUT2D eigenvalue weighted by molar-refractivity contribution is -0.128. The van der Waals surface area contributed by atoms with Crippen LogP contribution in [0.15, 0.2) is 47.4 Å². The fraction of sp³-hybridized carbons (Fsp3) is 0.316. The van der Waals surface area contributed by atoms with Gasteiger partial charge in [0.15, 0.2) is 15.9 Å². The van der Waals surface area contributed by atoms with Crippen LogP contribution >= 0.6 is 11.6 Å². The maximum Gasteiger partial charge on any atom is 0.263 e. The third-order valence-corrected chi connectivity index (χ3v) is 7.16. The Morgan fingerprint density at radius 1 is 1.13 bits per heavy atom. The predicted octanol–water partition coefficient (Wildman–Crippen LogP) is 2.15. The van der Waals surface area contributed by atoms with Gasteiger partial charge in [-0.25, -0.2) is 16.8 Å². The van der Waals surface area contributed by atoms with Crippen molar-refractivity contribution in [1.29, 1.82) is 0 Å². The van der Waals surface area contributed by atoms with E-state index in [2.05, 4.69) is 5.32 Å². The molecule has 162 valence electrons. The minimum atomic E-state index is -3.66. The first-order valence-corrected chi connectivity index (χ1v) is 13.0. The van der Waals surface area contributed by atoms with E-state index < -0.39 is 37.9 Å². The second-order valence-electron chi connectivity index (χ2n) is 7.08. The Bertz CT molecular complexity index is 1180. The van der Waals surface area contributed by atoms with E-state index in [9.17, 15) is 21.6 Å². The summed E-state index contributed by atoms with van der Waals surface area (Å²) in [7, 11) is -6.98. The number of carbonyl (C=O) groups excluding carboxylic acids is 1. The van der Waals surface area contributed by atoms with Gasteiger partial charge in [-0.3, -0.25) is 9.10 Å². The lowest BCUT2D eigenvalue weighted by Crippen LogP contribution is -2.50. The molecule has 2 atom stereocenters. The number of halogens is 1. The van der Waals surface area contributed by atoms with Crippen LogP contribution in [0.2, 0.25) is 5.02 Å². The number of fused-ring (bicyclic) bond motifs is 1. The number of nitrogens with one attached hydrogen (secondary N) is 1. The standard InChI is InChI=1S/C19H21ClN2O6S2/c1-12(13-4-7-15(8-5-13)29(2,24)25)21-19(23)18-11-22(30(3,26)27)16-10-14(20)6-9-17(16)28-18/h4-10,12,18H,11H2,1-3H3,(H,21,23)/t12-,18+/m0/s1. The van der Waals surface area contributed by atoms with Crippen molar-refractivity contribution in [3.05, 3.63) is 53.1 Å². The topological polar surface area (TPSA) is 110 Å². The zero-order chi connectivity index (χ0) is 22.3. The Hall–Kier alpha value is -2.30. The molecule has 8 nitrogen and oxygen atoms in total. The lowest BCUT2D eigenvalue weighted by atomic mass is 10.1. The van der Waals surface area contributed by atoms with Gasteiger partial charge in [0.1, 0.15) is 5.75 Å². The van der Waals surface area contributed by atoms with Crippen molar-refractivity contribution in [3.8, 4) is 5.75 Å². The van der Waals surface area contributed by atoms with Gasteiger partial charge in [0.05, 0.1) is 29.4 Å². The maximum atomic E-state index is 12.8. The highest BCUT2D eigenvalue weighted by Crippen LogP contribution is 2.37. The summed E-state index contributed by atoms with van der Waals surface area (Å²) in [5, 5.41) is 3.12. The fourth-order valence-corrected chi connectivity index (χ4v) is 4.77. The summed E-state index contributed by atoms with van der Waals surface area (Å²) in [6.07, 6.45) is 1.10. The monoisotopic (exact) mass is 472 g/mol. The molecule has 1 aliphatic rings. The van der Waals surface area contributed by atoms with Crippen molar-refractivity contribution in [1.82, 2.24) is 5.32 Å². The first-order chi connectivity index (χ1) is 13.9. The van der Waals surface area contributed by atoms with Gasteiger partial charge in [-0.1, -0.05) is 23.7 Å². The van der Waals surface area contributed by atoms with E-state index in [1.54, 1.807) is 25.1 Å². The van der Waals surface area contributed by atoms with Crippen LogP contribution in [-0.2, 0) is 24.7 Å². The van der Waals surface area contributed by atoms with Crippen LogP contribution in [0.25, 0.3) is 0 Å². The lowest BCUT2D eigenvalue weighted by Gasteiger charge is -2.34. The molecule has 2 aromatic carbocycles. The van der Waals surface area contributed by atoms with Crippen LogP contribution in [0, 0.1) is 0 Å². The summed E-state index contributed by atoms with van der Waals surface area (Å²) < 4.78 is 54.4. The highest BCUT2D eigenvalue weighted by Gasteiger charge is 2.35. The molecule has 1 aliphatic heterocycles. The molecule has 11 heteroatoms. The zero-order valence-electron chi connectivity index (χ0n) is 16.5. The quantitative estimate of drug-likeness (QED) is 0.714. The van der Waals surface area contributed by atoms with Gasteiger partial charge in [0, 0.05) is 11.3 Å². The van der Waals surface area contributed by atoms with E-state index in [4.69, 9.17) is 16.3 Å². The van der Waals surface area contributed by atoms with Crippen LogP contribution in [-0.4, -0.2) is 47.9 Å². The number of hydrogen-bond acceptors (Lipinski definition) is 6. The van der Waals surface area contributed by atoms with Crippen molar-refractivity contribution >= 4 is 43.1 Å². The second-order valence-corrected chi connectivity index (χ2v) is 11.4. The molecule has 30 heavy (non-hydrogen) atoms. The van der Waals surface area contributed by atoms with Crippen molar-refractivity contribution in [2.75, 3.05) is 23.4 Å². The molecule has 0 spiro atoms. The fourth-order valence-electron chi connectivity index (χ4n) is 3.07. The number of rotatable bonds is 5. The summed E-state index contributed by atoms with van der Waals surface area (Å²) >= 11 is 5.97. The number of anilines is 1. The molecule has 0 saturated carbocycles. The molecule has 0 radical (unpaired) electrons. The molecule has 0 saturated heterocycles. The number of sulfone groups is 1. The van der Waals surface area contributed by atoms with Gasteiger partial charge < -0.3 is 10.1 Å². The number of benzene rings is 2. The van der Waals surface area contributed by atoms with Gasteiger partial charge in [0.25, 0.3) is 5.91 Å². The Kier molecular flexibility index (Phi) is 6.03. The van der Waals surface area contributed by atoms with Gasteiger partial charge in [-0.15, -0.1) is 0 Å². The SMILES string of the molecule is C[C@H](NC(=O)[C@H]1CN(S(C)(=O)=O)c2cc(Cl)ccc2O1)c1ccc(S(C)(=O)=O)cc1. The molecule has 0 unspecified atom stereocenters. The van der Waals surface area contributed by atoms with Crippen LogP contribution in [0.4, 0.5) is 5.69 Å². The normalized spacial score (nSPS) is 17.6. The number of amides is 1. The third-order valence-electron chi connectivity index (χ3n) is 4.65. The zero-order valence-corrected chi connectivity index (χ0v) is 18.9. The van der Waals surface area contributed by atoms with Crippen LogP contribution in [0.5, 0.6) is 5.75 Å². The maximum absolute atomic E-state index is 12.8. The molecule has 1 N–H and O–H groups in total. The van der Waals surface area contributed by atoms with E-state index in [1.807, 2.05) is 0 Å². The van der Waals surface area contributed by atoms with Crippen molar-refractivity contribution in [2.45, 2.75) is 24.0 Å². The molecule has 0 aliphatic carbocycles.